The lowest BCUT2D eigenvalue weighted by Crippen LogP contribution is -2.56. The first-order chi connectivity index (χ1) is 8.38. The van der Waals surface area contributed by atoms with Gasteiger partial charge in [-0.3, -0.25) is 4.79 Å². The third-order valence-corrected chi connectivity index (χ3v) is 2.68. The average Bonchev–Trinajstić information content (AvgIpc) is 2.40. The lowest BCUT2D eigenvalue weighted by Gasteiger charge is -2.26. The highest BCUT2D eigenvalue weighted by molar-refractivity contribution is 7.80. The van der Waals surface area contributed by atoms with Crippen LogP contribution in [0.1, 0.15) is 0 Å². The van der Waals surface area contributed by atoms with E-state index in [0.717, 1.165) is 0 Å². The Bertz CT molecular complexity index is 280. The maximum Gasteiger partial charge on any atom is 0.238 e. The largest absolute Gasteiger partial charge is 0.394 e. The van der Waals surface area contributed by atoms with Crippen molar-refractivity contribution in [3.63, 3.8) is 0 Å². The molecule has 0 aromatic carbocycles. The van der Waals surface area contributed by atoms with Crippen molar-refractivity contribution in [1.29, 1.82) is 0 Å². The van der Waals surface area contributed by atoms with Crippen LogP contribution >= 0.6 is 12.6 Å². The van der Waals surface area contributed by atoms with Crippen LogP contribution in [0.4, 0.5) is 0 Å². The number of amides is 1. The molecular formula is C9H18N2O6S. The minimum atomic E-state index is -1.78. The Kier molecular flexibility index (Phi) is 8.07. The van der Waals surface area contributed by atoms with Crippen LogP contribution in [0.25, 0.3) is 0 Å². The molecule has 0 spiro atoms. The number of carbonyl (C=O) groups is 2. The molecule has 5 atom stereocenters. The monoisotopic (exact) mass is 282 g/mol. The number of aliphatic hydroxyl groups excluding tert-OH is 4. The van der Waals surface area contributed by atoms with Gasteiger partial charge < -0.3 is 36.3 Å². The first kappa shape index (κ1) is 17.3. The van der Waals surface area contributed by atoms with Gasteiger partial charge in [-0.15, -0.1) is 0 Å². The fraction of sp³-hybridized carbons (Fsp3) is 0.778. The summed E-state index contributed by atoms with van der Waals surface area (Å²) in [6.07, 6.45) is -4.97. The van der Waals surface area contributed by atoms with Crippen LogP contribution in [0.15, 0.2) is 0 Å². The number of rotatable bonds is 8. The Hall–Kier alpha value is -0.710. The van der Waals surface area contributed by atoms with Gasteiger partial charge >= 0.3 is 0 Å². The molecule has 18 heavy (non-hydrogen) atoms. The molecule has 0 unspecified atom stereocenters. The van der Waals surface area contributed by atoms with Gasteiger partial charge in [-0.25, -0.2) is 0 Å². The van der Waals surface area contributed by atoms with Crippen LogP contribution in [-0.2, 0) is 9.59 Å². The van der Waals surface area contributed by atoms with Crippen molar-refractivity contribution in [3.05, 3.63) is 0 Å². The van der Waals surface area contributed by atoms with Gasteiger partial charge in [0.2, 0.25) is 5.91 Å². The highest BCUT2D eigenvalue weighted by Crippen LogP contribution is 2.04. The second-order valence-electron chi connectivity index (χ2n) is 3.69. The number of carbonyl (C=O) groups excluding carboxylic acids is 2. The Balaban J connectivity index is 4.58. The van der Waals surface area contributed by atoms with E-state index >= 15 is 0 Å². The first-order valence-electron chi connectivity index (χ1n) is 5.16. The summed E-state index contributed by atoms with van der Waals surface area (Å²) in [5.74, 6) is -0.693. The highest BCUT2D eigenvalue weighted by atomic mass is 32.1. The van der Waals surface area contributed by atoms with Crippen LogP contribution in [0.2, 0.25) is 0 Å². The minimum absolute atomic E-state index is 0.0370. The molecule has 0 aromatic heterocycles. The summed E-state index contributed by atoms with van der Waals surface area (Å²) in [5, 5.41) is 38.7. The van der Waals surface area contributed by atoms with Crippen LogP contribution in [0, 0.1) is 0 Å². The van der Waals surface area contributed by atoms with Gasteiger partial charge in [0.05, 0.1) is 12.6 Å². The molecule has 0 aliphatic heterocycles. The number of hydrogen-bond acceptors (Lipinski definition) is 8. The summed E-state index contributed by atoms with van der Waals surface area (Å²) in [5.41, 5.74) is 5.34. The Morgan fingerprint density at radius 3 is 2.28 bits per heavy atom. The lowest BCUT2D eigenvalue weighted by atomic mass is 10.0. The molecule has 0 aliphatic carbocycles. The molecule has 0 radical (unpaired) electrons. The zero-order valence-corrected chi connectivity index (χ0v) is 10.4. The van der Waals surface area contributed by atoms with E-state index in [1.807, 2.05) is 0 Å². The zero-order chi connectivity index (χ0) is 14.3. The average molecular weight is 282 g/mol. The number of aldehydes is 1. The van der Waals surface area contributed by atoms with Gasteiger partial charge in [0.25, 0.3) is 0 Å². The molecule has 0 bridgehead atoms. The maximum absolute atomic E-state index is 11.4. The number of nitrogens with one attached hydrogen (secondary N) is 1. The topological polar surface area (TPSA) is 153 Å². The van der Waals surface area contributed by atoms with Crippen molar-refractivity contribution in [2.45, 2.75) is 30.4 Å². The molecule has 0 fully saturated rings. The molecule has 0 saturated carbocycles. The summed E-state index contributed by atoms with van der Waals surface area (Å²) < 4.78 is 0. The predicted molar refractivity (Wildman–Crippen MR) is 64.9 cm³/mol. The molecular weight excluding hydrogens is 264 g/mol. The van der Waals surface area contributed by atoms with Crippen molar-refractivity contribution in [1.82, 2.24) is 5.32 Å². The second kappa shape index (κ2) is 8.40. The number of hydrogen-bond donors (Lipinski definition) is 7. The third kappa shape index (κ3) is 4.88. The maximum atomic E-state index is 11.4. The molecule has 9 heteroatoms. The zero-order valence-electron chi connectivity index (χ0n) is 9.51. The van der Waals surface area contributed by atoms with Gasteiger partial charge in [0.15, 0.2) is 0 Å². The molecule has 0 aliphatic rings. The van der Waals surface area contributed by atoms with E-state index in [2.05, 4.69) is 17.9 Å². The van der Waals surface area contributed by atoms with Crippen LogP contribution < -0.4 is 11.1 Å². The van der Waals surface area contributed by atoms with Crippen LogP contribution in [0.3, 0.4) is 0 Å². The second-order valence-corrected chi connectivity index (χ2v) is 4.06. The van der Waals surface area contributed by atoms with E-state index in [9.17, 15) is 19.8 Å². The van der Waals surface area contributed by atoms with Gasteiger partial charge in [-0.05, 0) is 0 Å². The molecule has 0 rings (SSSR count). The van der Waals surface area contributed by atoms with Crippen molar-refractivity contribution in [2.75, 3.05) is 12.4 Å². The van der Waals surface area contributed by atoms with Gasteiger partial charge in [0.1, 0.15) is 30.6 Å². The van der Waals surface area contributed by atoms with E-state index in [1.54, 1.807) is 0 Å². The lowest BCUT2D eigenvalue weighted by molar-refractivity contribution is -0.131. The smallest absolute Gasteiger partial charge is 0.238 e. The Morgan fingerprint density at radius 1 is 1.33 bits per heavy atom. The van der Waals surface area contributed by atoms with Crippen molar-refractivity contribution in [2.24, 2.45) is 5.73 Å². The quantitative estimate of drug-likeness (QED) is 0.177. The van der Waals surface area contributed by atoms with Crippen LogP contribution in [-0.4, -0.2) is 75.4 Å². The Morgan fingerprint density at radius 2 is 1.89 bits per heavy atom. The summed E-state index contributed by atoms with van der Waals surface area (Å²) in [6.45, 7) is -0.798. The van der Waals surface area contributed by atoms with E-state index in [0.29, 0.717) is 0 Å². The summed E-state index contributed by atoms with van der Waals surface area (Å²) >= 11 is 3.79. The standard InChI is InChI=1S/C9H18N2O6S/c10-4(3-18)9(17)11-5(1-12)7(15)8(16)6(14)2-13/h1,4-8,13-16,18H,2-3,10H2,(H,11,17)/t4-,5-,6+,7+,8+/m0/s1. The molecule has 106 valence electrons. The molecule has 1 amide bonds. The van der Waals surface area contributed by atoms with Gasteiger partial charge in [-0.1, -0.05) is 0 Å². The first-order valence-corrected chi connectivity index (χ1v) is 5.79. The molecule has 0 heterocycles. The minimum Gasteiger partial charge on any atom is -0.394 e. The van der Waals surface area contributed by atoms with Crippen LogP contribution in [0.5, 0.6) is 0 Å². The molecule has 7 N–H and O–H groups in total. The summed E-state index contributed by atoms with van der Waals surface area (Å²) in [7, 11) is 0. The summed E-state index contributed by atoms with van der Waals surface area (Å²) in [6, 6.07) is -2.41. The van der Waals surface area contributed by atoms with Crippen molar-refractivity contribution >= 4 is 24.8 Å². The van der Waals surface area contributed by atoms with E-state index < -0.39 is 42.9 Å². The van der Waals surface area contributed by atoms with Crippen molar-refractivity contribution in [3.8, 4) is 0 Å². The molecule has 0 aromatic rings. The van der Waals surface area contributed by atoms with E-state index in [-0.39, 0.29) is 12.0 Å². The van der Waals surface area contributed by atoms with Crippen molar-refractivity contribution < 1.29 is 30.0 Å². The normalized spacial score (nSPS) is 19.4. The number of aliphatic hydroxyl groups is 4. The predicted octanol–water partition coefficient (Wildman–Crippen LogP) is -4.00. The highest BCUT2D eigenvalue weighted by Gasteiger charge is 2.32. The van der Waals surface area contributed by atoms with E-state index in [1.165, 1.54) is 0 Å². The van der Waals surface area contributed by atoms with E-state index in [4.69, 9.17) is 15.9 Å². The Labute approximate surface area is 109 Å². The number of nitrogens with two attached hydrogens (primary N) is 1. The molecule has 0 saturated heterocycles. The van der Waals surface area contributed by atoms with Gasteiger partial charge in [-0.2, -0.15) is 12.6 Å². The molecule has 8 nitrogen and oxygen atoms in total. The number of thiol groups is 1. The fourth-order valence-electron chi connectivity index (χ4n) is 1.10. The summed E-state index contributed by atoms with van der Waals surface area (Å²) in [4.78, 5) is 22.1. The van der Waals surface area contributed by atoms with Gasteiger partial charge in [0, 0.05) is 5.75 Å². The fourth-order valence-corrected chi connectivity index (χ4v) is 1.27. The SMILES string of the molecule is N[C@@H](CS)C(=O)N[C@@H](C=O)[C@@H](O)[C@H](O)[C@H](O)CO. The third-order valence-electron chi connectivity index (χ3n) is 2.29.